The minimum Gasteiger partial charge on any atom is -0.497 e. The monoisotopic (exact) mass is 454 g/mol. The van der Waals surface area contributed by atoms with Gasteiger partial charge in [0, 0.05) is 44.1 Å². The Bertz CT molecular complexity index is 875. The molecule has 1 aliphatic rings. The summed E-state index contributed by atoms with van der Waals surface area (Å²) in [5, 5.41) is 7.12. The van der Waals surface area contributed by atoms with Gasteiger partial charge in [-0.15, -0.1) is 0 Å². The number of aliphatic carboxylic acids is 1. The second kappa shape index (κ2) is 11.5. The average Bonchev–Trinajstić information content (AvgIpc) is 2.79. The maximum Gasteiger partial charge on any atom is 0.490 e. The first-order valence-corrected chi connectivity index (χ1v) is 9.80. The van der Waals surface area contributed by atoms with Crippen molar-refractivity contribution in [2.75, 3.05) is 27.3 Å². The number of likely N-dealkylation sites (tertiary alicyclic amines) is 1. The molecule has 32 heavy (non-hydrogen) atoms. The number of ether oxygens (including phenoxy) is 2. The van der Waals surface area contributed by atoms with Crippen molar-refractivity contribution >= 4 is 11.9 Å². The van der Waals surface area contributed by atoms with Crippen LogP contribution in [-0.2, 0) is 16.0 Å². The van der Waals surface area contributed by atoms with E-state index in [1.165, 1.54) is 5.56 Å². The molecule has 1 aliphatic heterocycles. The second-order valence-corrected chi connectivity index (χ2v) is 7.17. The summed E-state index contributed by atoms with van der Waals surface area (Å²) in [6.45, 7) is 1.42. The Labute approximate surface area is 183 Å². The van der Waals surface area contributed by atoms with Gasteiger partial charge in [-0.25, -0.2) is 4.79 Å². The lowest BCUT2D eigenvalue weighted by molar-refractivity contribution is -0.192. The number of carboxylic acid groups (broad SMARTS) is 1. The summed E-state index contributed by atoms with van der Waals surface area (Å²) in [5.74, 6) is -1.56. The third-order valence-electron chi connectivity index (χ3n) is 5.08. The molecule has 3 rings (SSSR count). The number of rotatable bonds is 5. The van der Waals surface area contributed by atoms with Crippen LogP contribution in [0.15, 0.2) is 48.8 Å². The maximum absolute atomic E-state index is 12.7. The molecule has 0 radical (unpaired) electrons. The predicted molar refractivity (Wildman–Crippen MR) is 109 cm³/mol. The summed E-state index contributed by atoms with van der Waals surface area (Å²) >= 11 is 0. The Hall–Kier alpha value is -3.14. The van der Waals surface area contributed by atoms with E-state index >= 15 is 0 Å². The van der Waals surface area contributed by atoms with Crippen LogP contribution in [0, 0.1) is 5.92 Å². The number of carbonyl (C=O) groups is 2. The standard InChI is InChI=1S/C20H24N2O3.C2HF3O2/c1-24-18-5-3-15(4-6-18)13-17-14-22(12-9-19(17)25-2)20(23)16-7-10-21-11-8-16;3-2(4,5)1(6)7/h3-8,10-11,17,19H,9,12-14H2,1-2H3;(H,6,7)/t17-,19-;/m0./s1. The van der Waals surface area contributed by atoms with Crippen molar-refractivity contribution in [2.45, 2.75) is 25.1 Å². The molecule has 1 aromatic heterocycles. The molecule has 1 fully saturated rings. The summed E-state index contributed by atoms with van der Waals surface area (Å²) in [7, 11) is 3.42. The molecular formula is C22H25F3N2O5. The summed E-state index contributed by atoms with van der Waals surface area (Å²) in [5.41, 5.74) is 1.92. The zero-order valence-corrected chi connectivity index (χ0v) is 17.7. The van der Waals surface area contributed by atoms with E-state index in [0.29, 0.717) is 12.1 Å². The molecule has 2 atom stereocenters. The number of amides is 1. The number of hydrogen-bond acceptors (Lipinski definition) is 5. The number of pyridine rings is 1. The number of methoxy groups -OCH3 is 2. The Morgan fingerprint density at radius 1 is 1.12 bits per heavy atom. The van der Waals surface area contributed by atoms with E-state index in [-0.39, 0.29) is 17.9 Å². The first kappa shape index (κ1) is 25.1. The van der Waals surface area contributed by atoms with E-state index in [0.717, 1.165) is 25.1 Å². The van der Waals surface area contributed by atoms with Gasteiger partial charge in [0.25, 0.3) is 5.91 Å². The van der Waals surface area contributed by atoms with Crippen LogP contribution in [0.3, 0.4) is 0 Å². The lowest BCUT2D eigenvalue weighted by Crippen LogP contribution is -2.47. The number of benzene rings is 1. The number of halogens is 3. The molecule has 10 heteroatoms. The van der Waals surface area contributed by atoms with Crippen LogP contribution in [0.5, 0.6) is 5.75 Å². The second-order valence-electron chi connectivity index (χ2n) is 7.17. The Morgan fingerprint density at radius 3 is 2.22 bits per heavy atom. The van der Waals surface area contributed by atoms with Crippen molar-refractivity contribution in [3.05, 3.63) is 59.9 Å². The minimum atomic E-state index is -5.08. The molecule has 2 heterocycles. The molecule has 0 bridgehead atoms. The minimum absolute atomic E-state index is 0.0664. The van der Waals surface area contributed by atoms with Gasteiger partial charge < -0.3 is 19.5 Å². The topological polar surface area (TPSA) is 89.0 Å². The van der Waals surface area contributed by atoms with Crippen LogP contribution < -0.4 is 4.74 Å². The van der Waals surface area contributed by atoms with Gasteiger partial charge >= 0.3 is 12.1 Å². The van der Waals surface area contributed by atoms with Gasteiger partial charge in [-0.3, -0.25) is 9.78 Å². The maximum atomic E-state index is 12.7. The number of aromatic nitrogens is 1. The lowest BCUT2D eigenvalue weighted by atomic mass is 9.88. The van der Waals surface area contributed by atoms with Crippen LogP contribution >= 0.6 is 0 Å². The number of nitrogens with zero attached hydrogens (tertiary/aromatic N) is 2. The van der Waals surface area contributed by atoms with E-state index < -0.39 is 12.1 Å². The predicted octanol–water partition coefficient (Wildman–Crippen LogP) is 3.44. The molecule has 1 amide bonds. The fourth-order valence-corrected chi connectivity index (χ4v) is 3.44. The fourth-order valence-electron chi connectivity index (χ4n) is 3.44. The number of carbonyl (C=O) groups excluding carboxylic acids is 1. The average molecular weight is 454 g/mol. The zero-order chi connectivity index (χ0) is 23.7. The Kier molecular flexibility index (Phi) is 9.01. The molecule has 174 valence electrons. The lowest BCUT2D eigenvalue weighted by Gasteiger charge is -2.38. The summed E-state index contributed by atoms with van der Waals surface area (Å²) < 4.78 is 42.6. The molecular weight excluding hydrogens is 429 g/mol. The van der Waals surface area contributed by atoms with Gasteiger partial charge in [0.15, 0.2) is 0 Å². The first-order valence-electron chi connectivity index (χ1n) is 9.80. The van der Waals surface area contributed by atoms with E-state index in [9.17, 15) is 18.0 Å². The van der Waals surface area contributed by atoms with Gasteiger partial charge in [0.1, 0.15) is 5.75 Å². The van der Waals surface area contributed by atoms with Crippen molar-refractivity contribution in [1.29, 1.82) is 0 Å². The van der Waals surface area contributed by atoms with E-state index in [1.807, 2.05) is 17.0 Å². The van der Waals surface area contributed by atoms with Crippen molar-refractivity contribution in [3.8, 4) is 5.75 Å². The van der Waals surface area contributed by atoms with Crippen LogP contribution in [0.4, 0.5) is 13.2 Å². The van der Waals surface area contributed by atoms with E-state index in [1.54, 1.807) is 38.7 Å². The SMILES string of the molecule is COc1ccc(C[C@H]2CN(C(=O)c3ccncc3)CC[C@@H]2OC)cc1.O=C(O)C(F)(F)F. The van der Waals surface area contributed by atoms with E-state index in [2.05, 4.69) is 17.1 Å². The van der Waals surface area contributed by atoms with Crippen molar-refractivity contribution in [3.63, 3.8) is 0 Å². The molecule has 7 nitrogen and oxygen atoms in total. The largest absolute Gasteiger partial charge is 0.497 e. The molecule has 1 N–H and O–H groups in total. The Balaban J connectivity index is 0.000000451. The van der Waals surface area contributed by atoms with Gasteiger partial charge in [-0.2, -0.15) is 13.2 Å². The van der Waals surface area contributed by atoms with Gasteiger partial charge in [-0.1, -0.05) is 12.1 Å². The van der Waals surface area contributed by atoms with Gasteiger partial charge in [0.2, 0.25) is 0 Å². The normalized spacial score (nSPS) is 18.3. The highest BCUT2D eigenvalue weighted by molar-refractivity contribution is 5.94. The molecule has 0 saturated carbocycles. The van der Waals surface area contributed by atoms with E-state index in [4.69, 9.17) is 19.4 Å². The molecule has 1 aromatic carbocycles. The number of carboxylic acids is 1. The fraction of sp³-hybridized carbons (Fsp3) is 0.409. The highest BCUT2D eigenvalue weighted by Gasteiger charge is 2.38. The Morgan fingerprint density at radius 2 is 1.72 bits per heavy atom. The first-order chi connectivity index (χ1) is 15.2. The van der Waals surface area contributed by atoms with Crippen molar-refractivity contribution in [1.82, 2.24) is 9.88 Å². The van der Waals surface area contributed by atoms with Crippen LogP contribution in [0.25, 0.3) is 0 Å². The van der Waals surface area contributed by atoms with Crippen molar-refractivity contribution in [2.24, 2.45) is 5.92 Å². The quantitative estimate of drug-likeness (QED) is 0.745. The molecule has 0 unspecified atom stereocenters. The third kappa shape index (κ3) is 7.23. The molecule has 0 aliphatic carbocycles. The van der Waals surface area contributed by atoms with Gasteiger partial charge in [-0.05, 0) is 42.7 Å². The third-order valence-corrected chi connectivity index (χ3v) is 5.08. The molecule has 2 aromatic rings. The van der Waals surface area contributed by atoms with Crippen molar-refractivity contribution < 1.29 is 37.3 Å². The summed E-state index contributed by atoms with van der Waals surface area (Å²) in [6.07, 6.45) is 0.133. The van der Waals surface area contributed by atoms with Crippen LogP contribution in [0.1, 0.15) is 22.3 Å². The summed E-state index contributed by atoms with van der Waals surface area (Å²) in [6, 6.07) is 11.6. The van der Waals surface area contributed by atoms with Crippen LogP contribution in [0.2, 0.25) is 0 Å². The zero-order valence-electron chi connectivity index (χ0n) is 17.7. The highest BCUT2D eigenvalue weighted by Crippen LogP contribution is 2.25. The van der Waals surface area contributed by atoms with Gasteiger partial charge in [0.05, 0.1) is 13.2 Å². The number of hydrogen-bond donors (Lipinski definition) is 1. The highest BCUT2D eigenvalue weighted by atomic mass is 19.4. The number of alkyl halides is 3. The summed E-state index contributed by atoms with van der Waals surface area (Å²) in [4.78, 5) is 27.5. The molecule has 0 spiro atoms. The smallest absolute Gasteiger partial charge is 0.490 e. The number of piperidine rings is 1. The molecule has 1 saturated heterocycles. The van der Waals surface area contributed by atoms with Crippen LogP contribution in [-0.4, -0.2) is 66.5 Å².